The number of ether oxygens (including phenoxy) is 4. The Morgan fingerprint density at radius 2 is 1.73 bits per heavy atom. The number of hydrogen-bond acceptors (Lipinski definition) is 7. The molecular weight excluding hydrogens is 386 g/mol. The molecule has 0 bridgehead atoms. The van der Waals surface area contributed by atoms with Crippen LogP contribution in [0.15, 0.2) is 24.3 Å². The topological polar surface area (TPSA) is 94.9 Å². The highest BCUT2D eigenvalue weighted by Gasteiger charge is 2.20. The van der Waals surface area contributed by atoms with Crippen molar-refractivity contribution < 1.29 is 28.5 Å². The second-order valence-corrected chi connectivity index (χ2v) is 6.79. The summed E-state index contributed by atoms with van der Waals surface area (Å²) in [6.45, 7) is 1.62. The van der Waals surface area contributed by atoms with Gasteiger partial charge in [-0.1, -0.05) is 38.7 Å². The molecule has 0 amide bonds. The number of nitrogens with zero attached hydrogens (tertiary/aromatic N) is 1. The van der Waals surface area contributed by atoms with Crippen LogP contribution in [-0.4, -0.2) is 32.8 Å². The van der Waals surface area contributed by atoms with E-state index in [0.717, 1.165) is 32.1 Å². The van der Waals surface area contributed by atoms with E-state index < -0.39 is 18.5 Å². The Bertz CT molecular complexity index is 931. The van der Waals surface area contributed by atoms with Crippen LogP contribution < -0.4 is 14.2 Å². The molecular formula is C23H27NO6. The Labute approximate surface area is 176 Å². The van der Waals surface area contributed by atoms with E-state index in [9.17, 15) is 14.9 Å². The zero-order valence-corrected chi connectivity index (χ0v) is 17.7. The maximum absolute atomic E-state index is 12.3. The number of nitriles is 1. The van der Waals surface area contributed by atoms with Crippen LogP contribution in [0.5, 0.6) is 17.2 Å². The summed E-state index contributed by atoms with van der Waals surface area (Å²) in [4.78, 5) is 24.2. The number of unbranched alkanes of at least 4 members (excludes halogenated alkanes) is 4. The molecule has 30 heavy (non-hydrogen) atoms. The Morgan fingerprint density at radius 1 is 0.967 bits per heavy atom. The van der Waals surface area contributed by atoms with Crippen LogP contribution in [-0.2, 0) is 14.3 Å². The summed E-state index contributed by atoms with van der Waals surface area (Å²) in [6, 6.07) is 8.77. The first-order chi connectivity index (χ1) is 14.5. The second kappa shape index (κ2) is 11.7. The van der Waals surface area contributed by atoms with Crippen molar-refractivity contribution in [1.29, 1.82) is 5.26 Å². The molecule has 0 radical (unpaired) electrons. The molecule has 7 heteroatoms. The van der Waals surface area contributed by atoms with Crippen LogP contribution in [0.25, 0.3) is 10.8 Å². The Balaban J connectivity index is 2.10. The third-order valence-electron chi connectivity index (χ3n) is 4.62. The molecule has 0 unspecified atom stereocenters. The first kappa shape index (κ1) is 23.0. The van der Waals surface area contributed by atoms with Crippen LogP contribution in [0.3, 0.4) is 0 Å². The first-order valence-electron chi connectivity index (χ1n) is 9.99. The standard InChI is InChI=1S/C23H27NO6/c1-4-5-6-7-8-9-20(25)29-15-21(26)30-22-18-12-16(14-24)10-11-17(18)13-19(27-2)23(22)28-3/h10-13H,4-9,15H2,1-3H3. The lowest BCUT2D eigenvalue weighted by Gasteiger charge is -2.16. The zero-order valence-electron chi connectivity index (χ0n) is 17.7. The fourth-order valence-corrected chi connectivity index (χ4v) is 3.06. The molecule has 0 aliphatic carbocycles. The normalized spacial score (nSPS) is 10.3. The largest absolute Gasteiger partial charge is 0.493 e. The average molecular weight is 413 g/mol. The molecule has 160 valence electrons. The number of benzene rings is 2. The van der Waals surface area contributed by atoms with Gasteiger partial charge >= 0.3 is 11.9 Å². The van der Waals surface area contributed by atoms with Gasteiger partial charge in [-0.15, -0.1) is 0 Å². The molecule has 0 heterocycles. The van der Waals surface area contributed by atoms with Crippen molar-refractivity contribution in [1.82, 2.24) is 0 Å². The number of carbonyl (C=O) groups is 2. The summed E-state index contributed by atoms with van der Waals surface area (Å²) >= 11 is 0. The molecule has 7 nitrogen and oxygen atoms in total. The number of fused-ring (bicyclic) bond motifs is 1. The van der Waals surface area contributed by atoms with Gasteiger partial charge in [0.2, 0.25) is 5.75 Å². The summed E-state index contributed by atoms with van der Waals surface area (Å²) in [5.74, 6) is -0.468. The molecule has 2 aromatic carbocycles. The third kappa shape index (κ3) is 6.11. The number of rotatable bonds is 11. The quantitative estimate of drug-likeness (QED) is 0.303. The Morgan fingerprint density at radius 3 is 2.40 bits per heavy atom. The van der Waals surface area contributed by atoms with E-state index in [-0.39, 0.29) is 17.9 Å². The highest BCUT2D eigenvalue weighted by molar-refractivity contribution is 5.96. The van der Waals surface area contributed by atoms with Crippen LogP contribution in [0.4, 0.5) is 0 Å². The minimum atomic E-state index is -0.746. The van der Waals surface area contributed by atoms with Crippen molar-refractivity contribution in [2.24, 2.45) is 0 Å². The van der Waals surface area contributed by atoms with Crippen LogP contribution in [0.1, 0.15) is 51.0 Å². The van der Waals surface area contributed by atoms with Crippen molar-refractivity contribution >= 4 is 22.7 Å². The summed E-state index contributed by atoms with van der Waals surface area (Å²) in [5.41, 5.74) is 0.404. The van der Waals surface area contributed by atoms with E-state index in [4.69, 9.17) is 18.9 Å². The number of esters is 2. The second-order valence-electron chi connectivity index (χ2n) is 6.79. The predicted octanol–water partition coefficient (Wildman–Crippen LogP) is 4.54. The van der Waals surface area contributed by atoms with Crippen LogP contribution in [0, 0.1) is 11.3 Å². The van der Waals surface area contributed by atoms with E-state index in [0.29, 0.717) is 22.1 Å². The van der Waals surface area contributed by atoms with Gasteiger partial charge < -0.3 is 18.9 Å². The average Bonchev–Trinajstić information content (AvgIpc) is 2.76. The smallest absolute Gasteiger partial charge is 0.349 e. The van der Waals surface area contributed by atoms with E-state index >= 15 is 0 Å². The van der Waals surface area contributed by atoms with E-state index in [1.165, 1.54) is 14.2 Å². The van der Waals surface area contributed by atoms with E-state index in [1.54, 1.807) is 24.3 Å². The summed E-state index contributed by atoms with van der Waals surface area (Å²) in [5, 5.41) is 10.4. The van der Waals surface area contributed by atoms with Crippen molar-refractivity contribution in [2.45, 2.75) is 45.4 Å². The molecule has 0 spiro atoms. The lowest BCUT2D eigenvalue weighted by Crippen LogP contribution is -2.19. The van der Waals surface area contributed by atoms with Crippen molar-refractivity contribution in [2.75, 3.05) is 20.8 Å². The molecule has 0 fully saturated rings. The van der Waals surface area contributed by atoms with Gasteiger partial charge in [0.25, 0.3) is 0 Å². The van der Waals surface area contributed by atoms with Crippen LogP contribution >= 0.6 is 0 Å². The van der Waals surface area contributed by atoms with Gasteiger partial charge in [-0.05, 0) is 30.0 Å². The number of methoxy groups -OCH3 is 2. The molecule has 2 aromatic rings. The summed E-state index contributed by atoms with van der Waals surface area (Å²) < 4.78 is 21.2. The molecule has 0 aliphatic rings. The van der Waals surface area contributed by atoms with Crippen molar-refractivity contribution in [3.05, 3.63) is 29.8 Å². The number of hydrogen-bond donors (Lipinski definition) is 0. The van der Waals surface area contributed by atoms with E-state index in [1.807, 2.05) is 0 Å². The van der Waals surface area contributed by atoms with Gasteiger partial charge in [0.1, 0.15) is 0 Å². The lowest BCUT2D eigenvalue weighted by molar-refractivity contribution is -0.153. The Kier molecular flexibility index (Phi) is 8.95. The fraction of sp³-hybridized carbons (Fsp3) is 0.435. The van der Waals surface area contributed by atoms with Crippen molar-refractivity contribution in [3.8, 4) is 23.3 Å². The van der Waals surface area contributed by atoms with Gasteiger partial charge in [-0.3, -0.25) is 4.79 Å². The molecule has 0 aliphatic heterocycles. The minimum Gasteiger partial charge on any atom is -0.493 e. The zero-order chi connectivity index (χ0) is 21.9. The molecule has 0 aromatic heterocycles. The number of carbonyl (C=O) groups excluding carboxylic acids is 2. The van der Waals surface area contributed by atoms with Gasteiger partial charge in [0, 0.05) is 11.8 Å². The highest BCUT2D eigenvalue weighted by atomic mass is 16.6. The molecule has 0 saturated carbocycles. The van der Waals surface area contributed by atoms with E-state index in [2.05, 4.69) is 13.0 Å². The maximum Gasteiger partial charge on any atom is 0.349 e. The molecule has 2 rings (SSSR count). The van der Waals surface area contributed by atoms with Gasteiger partial charge in [-0.25, -0.2) is 4.79 Å². The summed E-state index contributed by atoms with van der Waals surface area (Å²) in [6.07, 6.45) is 5.33. The molecule has 0 N–H and O–H groups in total. The fourth-order valence-electron chi connectivity index (χ4n) is 3.06. The minimum absolute atomic E-state index is 0.115. The highest BCUT2D eigenvalue weighted by Crippen LogP contribution is 2.43. The first-order valence-corrected chi connectivity index (χ1v) is 9.99. The maximum atomic E-state index is 12.3. The monoisotopic (exact) mass is 413 g/mol. The third-order valence-corrected chi connectivity index (χ3v) is 4.62. The van der Waals surface area contributed by atoms with Gasteiger partial charge in [0.15, 0.2) is 18.1 Å². The SMILES string of the molecule is CCCCCCCC(=O)OCC(=O)Oc1c(OC)c(OC)cc2ccc(C#N)cc12. The lowest BCUT2D eigenvalue weighted by atomic mass is 10.1. The summed E-state index contributed by atoms with van der Waals surface area (Å²) in [7, 11) is 2.90. The van der Waals surface area contributed by atoms with Crippen LogP contribution in [0.2, 0.25) is 0 Å². The van der Waals surface area contributed by atoms with Crippen molar-refractivity contribution in [3.63, 3.8) is 0 Å². The predicted molar refractivity (Wildman–Crippen MR) is 112 cm³/mol. The Hall–Kier alpha value is -3.27. The molecule has 0 saturated heterocycles. The van der Waals surface area contributed by atoms with Gasteiger partial charge in [0.05, 0.1) is 25.9 Å². The van der Waals surface area contributed by atoms with Gasteiger partial charge in [-0.2, -0.15) is 5.26 Å². The molecule has 0 atom stereocenters.